The zero-order valence-corrected chi connectivity index (χ0v) is 29.8. The second-order valence-corrected chi connectivity index (χ2v) is 14.1. The van der Waals surface area contributed by atoms with Crippen molar-refractivity contribution in [1.29, 1.82) is 0 Å². The number of ketones is 1. The van der Waals surface area contributed by atoms with Crippen LogP contribution >= 0.6 is 0 Å². The summed E-state index contributed by atoms with van der Waals surface area (Å²) in [6, 6.07) is 25.2. The lowest BCUT2D eigenvalue weighted by Gasteiger charge is -2.35. The highest BCUT2D eigenvalue weighted by Crippen LogP contribution is 2.36. The fourth-order valence-electron chi connectivity index (χ4n) is 7.32. The van der Waals surface area contributed by atoms with Gasteiger partial charge in [-0.3, -0.25) is 28.9 Å². The number of carbonyl (C=O) groups excluding carboxylic acids is 5. The minimum atomic E-state index is -0.631. The third kappa shape index (κ3) is 5.78. The number of fused-ring (bicyclic) bond motifs is 2. The Morgan fingerprint density at radius 3 is 1.58 bits per heavy atom. The molecule has 0 N–H and O–H groups in total. The molecule has 6 rings (SSSR count). The summed E-state index contributed by atoms with van der Waals surface area (Å²) in [5, 5.41) is 0. The highest BCUT2D eigenvalue weighted by atomic mass is 16.2. The first-order chi connectivity index (χ1) is 23.9. The summed E-state index contributed by atoms with van der Waals surface area (Å²) in [6.07, 6.45) is 5.32. The monoisotopic (exact) mass is 668 g/mol. The Labute approximate surface area is 294 Å². The van der Waals surface area contributed by atoms with E-state index in [9.17, 15) is 24.0 Å². The van der Waals surface area contributed by atoms with Gasteiger partial charge >= 0.3 is 0 Å². The van der Waals surface area contributed by atoms with Gasteiger partial charge in [0.05, 0.1) is 27.9 Å². The lowest BCUT2D eigenvalue weighted by molar-refractivity contribution is 0.0434. The van der Waals surface area contributed by atoms with Crippen LogP contribution in [0.3, 0.4) is 0 Å². The molecule has 0 spiro atoms. The topological polar surface area (TPSA) is 91.8 Å². The predicted octanol–water partition coefficient (Wildman–Crippen LogP) is 8.95. The molecule has 0 radical (unpaired) electrons. The van der Waals surface area contributed by atoms with Gasteiger partial charge in [-0.25, -0.2) is 4.90 Å². The van der Waals surface area contributed by atoms with E-state index in [1.165, 1.54) is 52.4 Å². The molecule has 4 aromatic carbocycles. The zero-order chi connectivity index (χ0) is 36.0. The van der Waals surface area contributed by atoms with Crippen LogP contribution in [-0.4, -0.2) is 39.9 Å². The van der Waals surface area contributed by atoms with Gasteiger partial charge in [-0.05, 0) is 97.5 Å². The van der Waals surface area contributed by atoms with Crippen molar-refractivity contribution in [1.82, 2.24) is 4.90 Å². The molecule has 4 amide bonds. The molecule has 1 atom stereocenters. The lowest BCUT2D eigenvalue weighted by atomic mass is 9.76. The smallest absolute Gasteiger partial charge is 0.266 e. The van der Waals surface area contributed by atoms with Gasteiger partial charge in [-0.2, -0.15) is 0 Å². The number of rotatable bonds is 12. The van der Waals surface area contributed by atoms with E-state index in [4.69, 9.17) is 0 Å². The first-order valence-electron chi connectivity index (χ1n) is 17.7. The Morgan fingerprint density at radius 2 is 1.06 bits per heavy atom. The molecule has 0 bridgehead atoms. The van der Waals surface area contributed by atoms with Crippen LogP contribution in [0.25, 0.3) is 0 Å². The maximum absolute atomic E-state index is 13.6. The second kappa shape index (κ2) is 13.3. The third-order valence-electron chi connectivity index (χ3n) is 11.2. The number of anilines is 1. The van der Waals surface area contributed by atoms with E-state index in [1.807, 2.05) is 32.9 Å². The average molecular weight is 669 g/mol. The van der Waals surface area contributed by atoms with Crippen molar-refractivity contribution < 1.29 is 24.0 Å². The van der Waals surface area contributed by atoms with Crippen molar-refractivity contribution in [2.75, 3.05) is 4.90 Å². The van der Waals surface area contributed by atoms with Crippen molar-refractivity contribution in [3.63, 3.8) is 0 Å². The minimum absolute atomic E-state index is 0.146. The maximum atomic E-state index is 13.6. The number of carbonyl (C=O) groups is 5. The van der Waals surface area contributed by atoms with Crippen LogP contribution < -0.4 is 4.90 Å². The van der Waals surface area contributed by atoms with Crippen molar-refractivity contribution in [2.24, 2.45) is 0 Å². The van der Waals surface area contributed by atoms with E-state index in [0.29, 0.717) is 18.5 Å². The Kier molecular flexibility index (Phi) is 9.21. The molecule has 2 aliphatic rings. The summed E-state index contributed by atoms with van der Waals surface area (Å²) in [7, 11) is 0. The van der Waals surface area contributed by atoms with Gasteiger partial charge in [0.15, 0.2) is 5.78 Å². The van der Waals surface area contributed by atoms with Gasteiger partial charge in [0, 0.05) is 16.7 Å². The van der Waals surface area contributed by atoms with Crippen LogP contribution in [0, 0.1) is 0 Å². The van der Waals surface area contributed by atoms with Gasteiger partial charge in [0.2, 0.25) is 0 Å². The summed E-state index contributed by atoms with van der Waals surface area (Å²) >= 11 is 0. The Morgan fingerprint density at radius 1 is 0.580 bits per heavy atom. The Balaban J connectivity index is 1.18. The standard InChI is InChI=1S/C43H44N2O5/c1-7-23-42(5,8-2)31-17-11-27(12-18-31)24-28-13-19-32(20-14-28)44-38(47)33-21-15-29(25-35(33)39(44)48)37(46)30-16-22-34-36(26-30)41(50)45(40(34)49)43(6,9-3)10-4/h11-22,25-26H,7-10,23-24H2,1-6H3. The van der Waals surface area contributed by atoms with Crippen molar-refractivity contribution >= 4 is 35.1 Å². The van der Waals surface area contributed by atoms with Gasteiger partial charge < -0.3 is 0 Å². The zero-order valence-electron chi connectivity index (χ0n) is 29.8. The van der Waals surface area contributed by atoms with E-state index in [0.717, 1.165) is 36.1 Å². The van der Waals surface area contributed by atoms with Gasteiger partial charge in [-0.1, -0.05) is 89.6 Å². The fourth-order valence-corrected chi connectivity index (χ4v) is 7.32. The second-order valence-electron chi connectivity index (χ2n) is 14.1. The fraction of sp³-hybridized carbons (Fsp3) is 0.326. The SMILES string of the molecule is CCCC(C)(CC)c1ccc(Cc2ccc(N3C(=O)c4ccc(C(=O)c5ccc6c(c5)C(=O)N(C(C)(CC)CC)C6=O)cc4C3=O)cc2)cc1. The van der Waals surface area contributed by atoms with E-state index in [1.54, 1.807) is 12.1 Å². The number of nitrogens with zero attached hydrogens (tertiary/aromatic N) is 2. The first kappa shape index (κ1) is 34.7. The largest absolute Gasteiger partial charge is 0.289 e. The van der Waals surface area contributed by atoms with Crippen LogP contribution in [-0.2, 0) is 11.8 Å². The number of benzene rings is 4. The molecule has 2 aliphatic heterocycles. The quantitative estimate of drug-likeness (QED) is 0.111. The van der Waals surface area contributed by atoms with E-state index in [-0.39, 0.29) is 44.7 Å². The van der Waals surface area contributed by atoms with Crippen molar-refractivity contribution in [3.05, 3.63) is 135 Å². The van der Waals surface area contributed by atoms with Crippen LogP contribution in [0.4, 0.5) is 5.69 Å². The van der Waals surface area contributed by atoms with Crippen LogP contribution in [0.2, 0.25) is 0 Å². The molecule has 0 aromatic heterocycles. The molecule has 256 valence electrons. The Bertz CT molecular complexity index is 2020. The lowest BCUT2D eigenvalue weighted by Crippen LogP contribution is -2.48. The number of hydrogen-bond donors (Lipinski definition) is 0. The Hall–Kier alpha value is -5.17. The molecule has 0 aliphatic carbocycles. The van der Waals surface area contributed by atoms with E-state index in [2.05, 4.69) is 45.0 Å². The molecule has 7 nitrogen and oxygen atoms in total. The van der Waals surface area contributed by atoms with Gasteiger partial charge in [-0.15, -0.1) is 0 Å². The molecule has 2 heterocycles. The average Bonchev–Trinajstić information content (AvgIpc) is 3.54. The number of hydrogen-bond acceptors (Lipinski definition) is 5. The molecule has 0 saturated heterocycles. The summed E-state index contributed by atoms with van der Waals surface area (Å²) in [4.78, 5) is 69.7. The molecule has 1 unspecified atom stereocenters. The highest BCUT2D eigenvalue weighted by Gasteiger charge is 2.45. The first-order valence-corrected chi connectivity index (χ1v) is 17.7. The van der Waals surface area contributed by atoms with E-state index < -0.39 is 29.0 Å². The molecule has 0 fully saturated rings. The number of imide groups is 2. The van der Waals surface area contributed by atoms with Crippen molar-refractivity contribution in [3.8, 4) is 0 Å². The minimum Gasteiger partial charge on any atom is -0.289 e. The van der Waals surface area contributed by atoms with E-state index >= 15 is 0 Å². The molecule has 7 heteroatoms. The predicted molar refractivity (Wildman–Crippen MR) is 195 cm³/mol. The molecule has 4 aromatic rings. The molecule has 0 saturated carbocycles. The molecule has 50 heavy (non-hydrogen) atoms. The van der Waals surface area contributed by atoms with Gasteiger partial charge in [0.25, 0.3) is 23.6 Å². The molecular formula is C43H44N2O5. The van der Waals surface area contributed by atoms with Crippen LogP contribution in [0.1, 0.15) is 148 Å². The van der Waals surface area contributed by atoms with Gasteiger partial charge in [0.1, 0.15) is 0 Å². The van der Waals surface area contributed by atoms with Crippen LogP contribution in [0.5, 0.6) is 0 Å². The number of amides is 4. The normalized spacial score (nSPS) is 15.4. The third-order valence-corrected chi connectivity index (χ3v) is 11.2. The summed E-state index contributed by atoms with van der Waals surface area (Å²) < 4.78 is 0. The summed E-state index contributed by atoms with van der Waals surface area (Å²) in [5.74, 6) is -2.14. The maximum Gasteiger partial charge on any atom is 0.266 e. The molecular weight excluding hydrogens is 624 g/mol. The van der Waals surface area contributed by atoms with Crippen LogP contribution in [0.15, 0.2) is 84.9 Å². The summed E-state index contributed by atoms with van der Waals surface area (Å²) in [5.41, 5.74) is 4.87. The van der Waals surface area contributed by atoms with Crippen molar-refractivity contribution in [2.45, 2.75) is 91.0 Å². The highest BCUT2D eigenvalue weighted by molar-refractivity contribution is 6.35. The summed E-state index contributed by atoms with van der Waals surface area (Å²) in [6.45, 7) is 12.6.